The SMILES string of the molecule is CCCNCC1CCN(CCC2CCCCN2C)CC1. The predicted octanol–water partition coefficient (Wildman–Crippen LogP) is 2.57. The molecule has 118 valence electrons. The van der Waals surface area contributed by atoms with Crippen molar-refractivity contribution in [3.05, 3.63) is 0 Å². The van der Waals surface area contributed by atoms with Crippen LogP contribution in [0.5, 0.6) is 0 Å². The molecule has 20 heavy (non-hydrogen) atoms. The number of nitrogens with zero attached hydrogens (tertiary/aromatic N) is 2. The summed E-state index contributed by atoms with van der Waals surface area (Å²) in [5, 5.41) is 3.58. The normalized spacial score (nSPS) is 27.0. The van der Waals surface area contributed by atoms with Crippen molar-refractivity contribution in [2.45, 2.75) is 57.9 Å². The van der Waals surface area contributed by atoms with E-state index in [-0.39, 0.29) is 0 Å². The van der Waals surface area contributed by atoms with Gasteiger partial charge in [-0.2, -0.15) is 0 Å². The largest absolute Gasteiger partial charge is 0.316 e. The number of hydrogen-bond acceptors (Lipinski definition) is 3. The summed E-state index contributed by atoms with van der Waals surface area (Å²) >= 11 is 0. The number of rotatable bonds is 7. The van der Waals surface area contributed by atoms with Crippen molar-refractivity contribution < 1.29 is 0 Å². The van der Waals surface area contributed by atoms with Crippen LogP contribution in [0.25, 0.3) is 0 Å². The topological polar surface area (TPSA) is 18.5 Å². The standard InChI is InChI=1S/C17H35N3/c1-3-10-18-15-16-7-12-20(13-8-16)14-9-17-6-4-5-11-19(17)2/h16-18H,3-15H2,1-2H3. The summed E-state index contributed by atoms with van der Waals surface area (Å²) in [6.07, 6.45) is 9.72. The van der Waals surface area contributed by atoms with Crippen molar-refractivity contribution in [1.82, 2.24) is 15.1 Å². The summed E-state index contributed by atoms with van der Waals surface area (Å²) in [4.78, 5) is 5.30. The summed E-state index contributed by atoms with van der Waals surface area (Å²) in [5.41, 5.74) is 0. The van der Waals surface area contributed by atoms with Gasteiger partial charge in [-0.15, -0.1) is 0 Å². The number of nitrogens with one attached hydrogen (secondary N) is 1. The van der Waals surface area contributed by atoms with Crippen LogP contribution >= 0.6 is 0 Å². The first-order valence-corrected chi connectivity index (χ1v) is 8.93. The molecule has 3 heteroatoms. The van der Waals surface area contributed by atoms with Gasteiger partial charge in [-0.05, 0) is 90.8 Å². The second kappa shape index (κ2) is 9.01. The third kappa shape index (κ3) is 5.34. The van der Waals surface area contributed by atoms with Crippen LogP contribution in [0.1, 0.15) is 51.9 Å². The summed E-state index contributed by atoms with van der Waals surface area (Å²) in [5.74, 6) is 0.926. The van der Waals surface area contributed by atoms with Crippen LogP contribution < -0.4 is 5.32 Å². The van der Waals surface area contributed by atoms with Gasteiger partial charge in [-0.3, -0.25) is 0 Å². The van der Waals surface area contributed by atoms with Crippen molar-refractivity contribution in [2.75, 3.05) is 46.3 Å². The van der Waals surface area contributed by atoms with Crippen LogP contribution in [0.2, 0.25) is 0 Å². The quantitative estimate of drug-likeness (QED) is 0.724. The first-order valence-electron chi connectivity index (χ1n) is 8.93. The lowest BCUT2D eigenvalue weighted by Crippen LogP contribution is -2.42. The zero-order valence-corrected chi connectivity index (χ0v) is 13.7. The molecule has 0 radical (unpaired) electrons. The molecule has 1 unspecified atom stereocenters. The van der Waals surface area contributed by atoms with E-state index in [1.165, 1.54) is 84.2 Å². The maximum Gasteiger partial charge on any atom is 0.0104 e. The summed E-state index contributed by atoms with van der Waals surface area (Å²) < 4.78 is 0. The zero-order chi connectivity index (χ0) is 14.2. The Morgan fingerprint density at radius 3 is 2.55 bits per heavy atom. The predicted molar refractivity (Wildman–Crippen MR) is 87.2 cm³/mol. The van der Waals surface area contributed by atoms with Gasteiger partial charge in [0.05, 0.1) is 0 Å². The molecule has 2 fully saturated rings. The first-order chi connectivity index (χ1) is 9.79. The van der Waals surface area contributed by atoms with Crippen LogP contribution in [-0.4, -0.2) is 62.2 Å². The lowest BCUT2D eigenvalue weighted by atomic mass is 9.95. The molecule has 0 saturated carbocycles. The van der Waals surface area contributed by atoms with Gasteiger partial charge in [0.15, 0.2) is 0 Å². The van der Waals surface area contributed by atoms with Crippen molar-refractivity contribution in [3.63, 3.8) is 0 Å². The fourth-order valence-corrected chi connectivity index (χ4v) is 3.74. The van der Waals surface area contributed by atoms with Gasteiger partial charge in [-0.25, -0.2) is 0 Å². The molecule has 1 atom stereocenters. The van der Waals surface area contributed by atoms with Crippen LogP contribution in [0.15, 0.2) is 0 Å². The van der Waals surface area contributed by atoms with Crippen LogP contribution in [0, 0.1) is 5.92 Å². The highest BCUT2D eigenvalue weighted by Crippen LogP contribution is 2.20. The van der Waals surface area contributed by atoms with Gasteiger partial charge in [0.2, 0.25) is 0 Å². The highest BCUT2D eigenvalue weighted by molar-refractivity contribution is 4.78. The second-order valence-electron chi connectivity index (χ2n) is 6.91. The average Bonchev–Trinajstić information content (AvgIpc) is 2.48. The van der Waals surface area contributed by atoms with E-state index >= 15 is 0 Å². The van der Waals surface area contributed by atoms with Crippen molar-refractivity contribution in [2.24, 2.45) is 5.92 Å². The van der Waals surface area contributed by atoms with Crippen molar-refractivity contribution in [3.8, 4) is 0 Å². The Kier molecular flexibility index (Phi) is 7.32. The highest BCUT2D eigenvalue weighted by Gasteiger charge is 2.22. The van der Waals surface area contributed by atoms with E-state index in [1.54, 1.807) is 0 Å². The lowest BCUT2D eigenvalue weighted by Gasteiger charge is -2.36. The summed E-state index contributed by atoms with van der Waals surface area (Å²) in [6.45, 7) is 9.98. The summed E-state index contributed by atoms with van der Waals surface area (Å²) in [6, 6.07) is 0.854. The molecule has 2 aliphatic heterocycles. The maximum atomic E-state index is 3.58. The molecule has 2 saturated heterocycles. The third-order valence-electron chi connectivity index (χ3n) is 5.27. The molecular formula is C17H35N3. The fourth-order valence-electron chi connectivity index (χ4n) is 3.74. The maximum absolute atomic E-state index is 3.58. The Morgan fingerprint density at radius 1 is 1.05 bits per heavy atom. The van der Waals surface area contributed by atoms with Gasteiger partial charge in [0, 0.05) is 6.04 Å². The molecule has 0 aliphatic carbocycles. The van der Waals surface area contributed by atoms with E-state index in [4.69, 9.17) is 0 Å². The highest BCUT2D eigenvalue weighted by atomic mass is 15.2. The Morgan fingerprint density at radius 2 is 1.85 bits per heavy atom. The second-order valence-corrected chi connectivity index (χ2v) is 6.91. The molecule has 0 aromatic rings. The average molecular weight is 281 g/mol. The van der Waals surface area contributed by atoms with E-state index < -0.39 is 0 Å². The Bertz CT molecular complexity index is 249. The lowest BCUT2D eigenvalue weighted by molar-refractivity contribution is 0.133. The Balaban J connectivity index is 1.57. The molecule has 0 amide bonds. The third-order valence-corrected chi connectivity index (χ3v) is 5.27. The number of piperidine rings is 2. The number of hydrogen-bond donors (Lipinski definition) is 1. The van der Waals surface area contributed by atoms with Crippen LogP contribution in [-0.2, 0) is 0 Å². The molecule has 2 rings (SSSR count). The molecule has 0 bridgehead atoms. The molecule has 2 aliphatic rings. The fraction of sp³-hybridized carbons (Fsp3) is 1.00. The minimum absolute atomic E-state index is 0.854. The molecule has 3 nitrogen and oxygen atoms in total. The monoisotopic (exact) mass is 281 g/mol. The van der Waals surface area contributed by atoms with E-state index in [0.29, 0.717) is 0 Å². The molecule has 0 spiro atoms. The smallest absolute Gasteiger partial charge is 0.0104 e. The van der Waals surface area contributed by atoms with Crippen molar-refractivity contribution in [1.29, 1.82) is 0 Å². The van der Waals surface area contributed by atoms with Crippen LogP contribution in [0.4, 0.5) is 0 Å². The zero-order valence-electron chi connectivity index (χ0n) is 13.7. The Labute approximate surface area is 126 Å². The van der Waals surface area contributed by atoms with Gasteiger partial charge in [0.1, 0.15) is 0 Å². The Hall–Kier alpha value is -0.120. The van der Waals surface area contributed by atoms with Gasteiger partial charge < -0.3 is 15.1 Å². The minimum Gasteiger partial charge on any atom is -0.316 e. The molecule has 1 N–H and O–H groups in total. The van der Waals surface area contributed by atoms with Gasteiger partial charge >= 0.3 is 0 Å². The molecular weight excluding hydrogens is 246 g/mol. The van der Waals surface area contributed by atoms with Gasteiger partial charge in [-0.1, -0.05) is 13.3 Å². The van der Waals surface area contributed by atoms with Gasteiger partial charge in [0.25, 0.3) is 0 Å². The number of likely N-dealkylation sites (tertiary alicyclic amines) is 2. The van der Waals surface area contributed by atoms with Crippen molar-refractivity contribution >= 4 is 0 Å². The van der Waals surface area contributed by atoms with E-state index in [9.17, 15) is 0 Å². The summed E-state index contributed by atoms with van der Waals surface area (Å²) in [7, 11) is 2.31. The first kappa shape index (κ1) is 16.3. The van der Waals surface area contributed by atoms with E-state index in [0.717, 1.165) is 12.0 Å². The molecule has 2 heterocycles. The molecule has 0 aromatic heterocycles. The van der Waals surface area contributed by atoms with Crippen LogP contribution in [0.3, 0.4) is 0 Å². The minimum atomic E-state index is 0.854. The van der Waals surface area contributed by atoms with E-state index in [2.05, 4.69) is 29.1 Å². The molecule has 0 aromatic carbocycles. The van der Waals surface area contributed by atoms with E-state index in [1.807, 2.05) is 0 Å².